The summed E-state index contributed by atoms with van der Waals surface area (Å²) in [6.07, 6.45) is 7.21. The Morgan fingerprint density at radius 3 is 3.00 bits per heavy atom. The quantitative estimate of drug-likeness (QED) is 0.724. The summed E-state index contributed by atoms with van der Waals surface area (Å²) in [5.41, 5.74) is 0. The lowest BCUT2D eigenvalue weighted by atomic mass is 9.83. The van der Waals surface area contributed by atoms with Gasteiger partial charge < -0.3 is 4.74 Å². The first-order valence-corrected chi connectivity index (χ1v) is 6.22. The van der Waals surface area contributed by atoms with Gasteiger partial charge in [0.05, 0.1) is 11.5 Å². The Morgan fingerprint density at radius 1 is 1.57 bits per heavy atom. The molecule has 2 rings (SSSR count). The van der Waals surface area contributed by atoms with Gasteiger partial charge in [0.25, 0.3) is 0 Å². The second-order valence-electron chi connectivity index (χ2n) is 3.72. The highest BCUT2D eigenvalue weighted by molar-refractivity contribution is 7.15. The number of hydrogen-bond acceptors (Lipinski definition) is 3. The highest BCUT2D eigenvalue weighted by atomic mass is 35.5. The molecule has 0 saturated heterocycles. The van der Waals surface area contributed by atoms with Crippen LogP contribution in [-0.4, -0.2) is 11.6 Å². The van der Waals surface area contributed by atoms with Gasteiger partial charge in [0.1, 0.15) is 0 Å². The largest absolute Gasteiger partial charge is 0.376 e. The van der Waals surface area contributed by atoms with E-state index in [-0.39, 0.29) is 0 Å². The number of nitrogens with zero attached hydrogens (tertiary/aromatic N) is 1. The van der Waals surface area contributed by atoms with Gasteiger partial charge in [-0.2, -0.15) is 0 Å². The molecule has 0 bridgehead atoms. The van der Waals surface area contributed by atoms with Crippen molar-refractivity contribution < 1.29 is 4.74 Å². The molecule has 78 valence electrons. The Bertz CT molecular complexity index is 285. The van der Waals surface area contributed by atoms with Crippen LogP contribution in [0, 0.1) is 5.92 Å². The maximum absolute atomic E-state index is 5.71. The molecule has 0 amide bonds. The summed E-state index contributed by atoms with van der Waals surface area (Å²) in [5, 5.41) is 0. The fourth-order valence-electron chi connectivity index (χ4n) is 1.55. The fourth-order valence-corrected chi connectivity index (χ4v) is 2.47. The summed E-state index contributed by atoms with van der Waals surface area (Å²) in [4.78, 5) is 5.08. The van der Waals surface area contributed by atoms with Crippen molar-refractivity contribution in [2.45, 2.75) is 32.3 Å². The van der Waals surface area contributed by atoms with Crippen molar-refractivity contribution in [3.05, 3.63) is 15.5 Å². The van der Waals surface area contributed by atoms with E-state index in [9.17, 15) is 0 Å². The third kappa shape index (κ3) is 2.94. The lowest BCUT2D eigenvalue weighted by molar-refractivity contribution is 0.0965. The van der Waals surface area contributed by atoms with E-state index in [4.69, 9.17) is 16.3 Å². The third-order valence-electron chi connectivity index (χ3n) is 2.66. The van der Waals surface area contributed by atoms with Crippen molar-refractivity contribution in [3.63, 3.8) is 0 Å². The van der Waals surface area contributed by atoms with E-state index in [2.05, 4.69) is 4.98 Å². The van der Waals surface area contributed by atoms with Gasteiger partial charge in [-0.25, -0.2) is 4.98 Å². The first-order valence-electron chi connectivity index (χ1n) is 5.02. The van der Waals surface area contributed by atoms with Crippen molar-refractivity contribution >= 4 is 22.9 Å². The molecule has 0 unspecified atom stereocenters. The lowest BCUT2D eigenvalue weighted by Gasteiger charge is -2.24. The van der Waals surface area contributed by atoms with Crippen LogP contribution in [-0.2, 0) is 11.3 Å². The third-order valence-corrected chi connectivity index (χ3v) is 3.75. The molecular weight excluding hydrogens is 218 g/mol. The molecular formula is C10H14ClNOS. The van der Waals surface area contributed by atoms with Gasteiger partial charge in [-0.05, 0) is 12.3 Å². The normalized spacial score (nSPS) is 16.9. The number of ether oxygens (including phenoxy) is 1. The van der Waals surface area contributed by atoms with E-state index in [1.54, 1.807) is 6.20 Å². The molecule has 1 aliphatic rings. The monoisotopic (exact) mass is 231 g/mol. The molecule has 1 saturated carbocycles. The molecule has 0 aliphatic heterocycles. The molecule has 0 spiro atoms. The van der Waals surface area contributed by atoms with Crippen LogP contribution in [0.4, 0.5) is 0 Å². The van der Waals surface area contributed by atoms with Crippen LogP contribution >= 0.6 is 22.9 Å². The van der Waals surface area contributed by atoms with E-state index in [1.165, 1.54) is 37.0 Å². The van der Waals surface area contributed by atoms with E-state index in [1.807, 2.05) is 0 Å². The molecule has 1 heterocycles. The Morgan fingerprint density at radius 2 is 2.43 bits per heavy atom. The Kier molecular flexibility index (Phi) is 3.79. The molecule has 2 nitrogen and oxygen atoms in total. The maximum atomic E-state index is 5.71. The SMILES string of the molecule is Clc1ncc(COCCC2CCC2)s1. The summed E-state index contributed by atoms with van der Waals surface area (Å²) >= 11 is 7.20. The second-order valence-corrected chi connectivity index (χ2v) is 5.42. The van der Waals surface area contributed by atoms with Crippen molar-refractivity contribution in [1.82, 2.24) is 4.98 Å². The lowest BCUT2D eigenvalue weighted by Crippen LogP contribution is -2.13. The van der Waals surface area contributed by atoms with Gasteiger partial charge in [0.2, 0.25) is 0 Å². The highest BCUT2D eigenvalue weighted by Crippen LogP contribution is 2.29. The van der Waals surface area contributed by atoms with Crippen molar-refractivity contribution in [1.29, 1.82) is 0 Å². The summed E-state index contributed by atoms with van der Waals surface area (Å²) in [7, 11) is 0. The van der Waals surface area contributed by atoms with Gasteiger partial charge in [0.15, 0.2) is 4.47 Å². The van der Waals surface area contributed by atoms with E-state index in [0.29, 0.717) is 11.1 Å². The molecule has 1 aromatic heterocycles. The summed E-state index contributed by atoms with van der Waals surface area (Å²) in [6.45, 7) is 1.54. The number of hydrogen-bond donors (Lipinski definition) is 0. The zero-order valence-electron chi connectivity index (χ0n) is 8.04. The van der Waals surface area contributed by atoms with E-state index < -0.39 is 0 Å². The minimum atomic E-state index is 0.600. The highest BCUT2D eigenvalue weighted by Gasteiger charge is 2.16. The van der Waals surface area contributed by atoms with Crippen molar-refractivity contribution in [3.8, 4) is 0 Å². The molecule has 0 atom stereocenters. The first kappa shape index (κ1) is 10.4. The van der Waals surface area contributed by atoms with Crippen LogP contribution in [0.1, 0.15) is 30.6 Å². The smallest absolute Gasteiger partial charge is 0.183 e. The van der Waals surface area contributed by atoms with Gasteiger partial charge in [-0.15, -0.1) is 11.3 Å². The average molecular weight is 232 g/mol. The summed E-state index contributed by atoms with van der Waals surface area (Å²) in [5.74, 6) is 0.931. The van der Waals surface area contributed by atoms with Crippen LogP contribution in [0.3, 0.4) is 0 Å². The van der Waals surface area contributed by atoms with Crippen LogP contribution in [0.25, 0.3) is 0 Å². The molecule has 1 fully saturated rings. The van der Waals surface area contributed by atoms with Gasteiger partial charge >= 0.3 is 0 Å². The molecule has 0 N–H and O–H groups in total. The van der Waals surface area contributed by atoms with Crippen LogP contribution in [0.5, 0.6) is 0 Å². The molecule has 1 aliphatic carbocycles. The van der Waals surface area contributed by atoms with Gasteiger partial charge in [-0.1, -0.05) is 30.9 Å². The molecule has 0 radical (unpaired) electrons. The van der Waals surface area contributed by atoms with Crippen LogP contribution in [0.2, 0.25) is 4.47 Å². The minimum Gasteiger partial charge on any atom is -0.376 e. The summed E-state index contributed by atoms with van der Waals surface area (Å²) < 4.78 is 6.15. The van der Waals surface area contributed by atoms with Crippen LogP contribution in [0.15, 0.2) is 6.20 Å². The molecule has 14 heavy (non-hydrogen) atoms. The first-order chi connectivity index (χ1) is 6.84. The number of rotatable bonds is 5. The van der Waals surface area contributed by atoms with Crippen molar-refractivity contribution in [2.75, 3.05) is 6.61 Å². The van der Waals surface area contributed by atoms with Crippen molar-refractivity contribution in [2.24, 2.45) is 5.92 Å². The molecule has 4 heteroatoms. The average Bonchev–Trinajstić information content (AvgIpc) is 2.48. The minimum absolute atomic E-state index is 0.600. The van der Waals surface area contributed by atoms with Crippen LogP contribution < -0.4 is 0 Å². The zero-order chi connectivity index (χ0) is 9.80. The molecule has 1 aromatic rings. The maximum Gasteiger partial charge on any atom is 0.183 e. The predicted octanol–water partition coefficient (Wildman–Crippen LogP) is 3.50. The molecule has 0 aromatic carbocycles. The standard InChI is InChI=1S/C10H14ClNOS/c11-10-12-6-9(14-10)7-13-5-4-8-2-1-3-8/h6,8H,1-5,7H2. The Hall–Kier alpha value is -0.120. The second kappa shape index (κ2) is 5.10. The van der Waals surface area contributed by atoms with Gasteiger partial charge in [-0.3, -0.25) is 0 Å². The predicted molar refractivity (Wildman–Crippen MR) is 58.7 cm³/mol. The summed E-state index contributed by atoms with van der Waals surface area (Å²) in [6, 6.07) is 0. The zero-order valence-corrected chi connectivity index (χ0v) is 9.61. The topological polar surface area (TPSA) is 22.1 Å². The Labute approximate surface area is 93.3 Å². The number of aromatic nitrogens is 1. The van der Waals surface area contributed by atoms with E-state index >= 15 is 0 Å². The number of halogens is 1. The van der Waals surface area contributed by atoms with Gasteiger partial charge in [0, 0.05) is 12.8 Å². The Balaban J connectivity index is 1.58. The fraction of sp³-hybridized carbons (Fsp3) is 0.700. The van der Waals surface area contributed by atoms with E-state index in [0.717, 1.165) is 17.4 Å². The number of thiazole rings is 1.